The van der Waals surface area contributed by atoms with Crippen molar-refractivity contribution in [3.63, 3.8) is 0 Å². The van der Waals surface area contributed by atoms with Crippen LogP contribution in [0.1, 0.15) is 26.7 Å². The molecule has 0 fully saturated rings. The first kappa shape index (κ1) is 6.89. The highest BCUT2D eigenvalue weighted by Crippen LogP contribution is 1.99. The fourth-order valence-corrected chi connectivity index (χ4v) is 0.451. The highest BCUT2D eigenvalue weighted by molar-refractivity contribution is 4.42. The minimum atomic E-state index is -0.218. The summed E-state index contributed by atoms with van der Waals surface area (Å²) >= 11 is 0. The molecule has 1 unspecified atom stereocenters. The van der Waals surface area contributed by atoms with Crippen LogP contribution in [0.2, 0.25) is 0 Å². The van der Waals surface area contributed by atoms with Crippen LogP contribution in [0.3, 0.4) is 0 Å². The van der Waals surface area contributed by atoms with Crippen LogP contribution in [-0.2, 0) is 4.94 Å². The molecule has 0 amide bonds. The van der Waals surface area contributed by atoms with E-state index in [1.54, 1.807) is 6.92 Å². The quantitative estimate of drug-likeness (QED) is 0.535. The summed E-state index contributed by atoms with van der Waals surface area (Å²) in [6, 6.07) is 0. The SMILES string of the molecule is CCCC(C)OF. The van der Waals surface area contributed by atoms with E-state index >= 15 is 0 Å². The fraction of sp³-hybridized carbons (Fsp3) is 1.00. The molecule has 1 atom stereocenters. The molecular formula is C5H11FO. The van der Waals surface area contributed by atoms with Gasteiger partial charge in [0.25, 0.3) is 0 Å². The van der Waals surface area contributed by atoms with Gasteiger partial charge >= 0.3 is 0 Å². The van der Waals surface area contributed by atoms with E-state index in [2.05, 4.69) is 4.94 Å². The van der Waals surface area contributed by atoms with Crippen LogP contribution in [0.5, 0.6) is 0 Å². The van der Waals surface area contributed by atoms with Gasteiger partial charge in [0.1, 0.15) is 0 Å². The van der Waals surface area contributed by atoms with Crippen LogP contribution in [0.4, 0.5) is 4.53 Å². The second-order valence-electron chi connectivity index (χ2n) is 1.69. The Bertz CT molecular complexity index is 39.1. The lowest BCUT2D eigenvalue weighted by molar-refractivity contribution is -0.174. The standard InChI is InChI=1S/C5H11FO/c1-3-4-5(2)7-6/h5H,3-4H2,1-2H3. The van der Waals surface area contributed by atoms with Crippen molar-refractivity contribution in [2.75, 3.05) is 0 Å². The first-order chi connectivity index (χ1) is 3.31. The molecule has 0 aliphatic heterocycles. The second kappa shape index (κ2) is 4.06. The van der Waals surface area contributed by atoms with Crippen LogP contribution < -0.4 is 0 Å². The van der Waals surface area contributed by atoms with E-state index in [9.17, 15) is 4.53 Å². The van der Waals surface area contributed by atoms with Gasteiger partial charge < -0.3 is 0 Å². The Morgan fingerprint density at radius 1 is 1.71 bits per heavy atom. The fourth-order valence-electron chi connectivity index (χ4n) is 0.451. The van der Waals surface area contributed by atoms with Crippen molar-refractivity contribution < 1.29 is 9.47 Å². The molecule has 0 aromatic heterocycles. The zero-order valence-corrected chi connectivity index (χ0v) is 4.78. The van der Waals surface area contributed by atoms with E-state index in [4.69, 9.17) is 0 Å². The number of halogens is 1. The summed E-state index contributed by atoms with van der Waals surface area (Å²) in [5, 5.41) is 0. The molecule has 0 bridgehead atoms. The molecule has 0 saturated carbocycles. The van der Waals surface area contributed by atoms with Gasteiger partial charge in [0, 0.05) is 0 Å². The summed E-state index contributed by atoms with van der Waals surface area (Å²) in [4.78, 5) is 3.49. The number of hydrogen-bond acceptors (Lipinski definition) is 1. The van der Waals surface area contributed by atoms with Gasteiger partial charge in [0.05, 0.1) is 6.10 Å². The largest absolute Gasteiger partial charge is 0.191 e. The predicted octanol–water partition coefficient (Wildman–Crippen LogP) is 2.08. The molecule has 0 rings (SSSR count). The van der Waals surface area contributed by atoms with Gasteiger partial charge in [-0.2, -0.15) is 4.94 Å². The molecule has 2 heteroatoms. The van der Waals surface area contributed by atoms with Crippen LogP contribution in [0.15, 0.2) is 0 Å². The van der Waals surface area contributed by atoms with Crippen LogP contribution in [-0.4, -0.2) is 6.10 Å². The molecule has 0 aliphatic rings. The van der Waals surface area contributed by atoms with Crippen LogP contribution >= 0.6 is 0 Å². The third-order valence-corrected chi connectivity index (χ3v) is 0.847. The van der Waals surface area contributed by atoms with Gasteiger partial charge in [-0.15, -0.1) is 0 Å². The Labute approximate surface area is 43.4 Å². The third-order valence-electron chi connectivity index (χ3n) is 0.847. The topological polar surface area (TPSA) is 9.23 Å². The van der Waals surface area contributed by atoms with Gasteiger partial charge in [-0.25, -0.2) is 0 Å². The Balaban J connectivity index is 2.83. The van der Waals surface area contributed by atoms with Gasteiger partial charge in [-0.3, -0.25) is 0 Å². The highest BCUT2D eigenvalue weighted by Gasteiger charge is 1.96. The van der Waals surface area contributed by atoms with Crippen LogP contribution in [0.25, 0.3) is 0 Å². The average molecular weight is 106 g/mol. The van der Waals surface area contributed by atoms with Crippen molar-refractivity contribution in [2.45, 2.75) is 32.8 Å². The molecule has 0 aliphatic carbocycles. The second-order valence-corrected chi connectivity index (χ2v) is 1.69. The lowest BCUT2D eigenvalue weighted by Crippen LogP contribution is -1.99. The molecule has 0 saturated heterocycles. The zero-order chi connectivity index (χ0) is 5.70. The molecule has 7 heavy (non-hydrogen) atoms. The normalized spacial score (nSPS) is 14.1. The molecule has 0 aromatic rings. The van der Waals surface area contributed by atoms with Gasteiger partial charge in [-0.05, 0) is 17.9 Å². The zero-order valence-electron chi connectivity index (χ0n) is 4.78. The van der Waals surface area contributed by atoms with Crippen molar-refractivity contribution in [1.29, 1.82) is 0 Å². The first-order valence-electron chi connectivity index (χ1n) is 2.58. The maximum absolute atomic E-state index is 11.1. The molecule has 0 radical (unpaired) electrons. The monoisotopic (exact) mass is 106 g/mol. The molecule has 0 heterocycles. The van der Waals surface area contributed by atoms with Crippen LogP contribution in [0, 0.1) is 0 Å². The Morgan fingerprint density at radius 2 is 2.29 bits per heavy atom. The Hall–Kier alpha value is -0.110. The number of hydrogen-bond donors (Lipinski definition) is 0. The van der Waals surface area contributed by atoms with E-state index in [0.29, 0.717) is 0 Å². The van der Waals surface area contributed by atoms with Gasteiger partial charge in [0.15, 0.2) is 0 Å². The number of rotatable bonds is 3. The summed E-state index contributed by atoms with van der Waals surface area (Å²) in [5.41, 5.74) is 0. The lowest BCUT2D eigenvalue weighted by atomic mass is 10.2. The maximum atomic E-state index is 11.1. The Kier molecular flexibility index (Phi) is 4.00. The van der Waals surface area contributed by atoms with E-state index in [1.807, 2.05) is 6.92 Å². The summed E-state index contributed by atoms with van der Waals surface area (Å²) in [6.07, 6.45) is 1.56. The van der Waals surface area contributed by atoms with Crippen molar-refractivity contribution >= 4 is 0 Å². The minimum Gasteiger partial charge on any atom is -0.191 e. The van der Waals surface area contributed by atoms with E-state index in [1.165, 1.54) is 0 Å². The molecular weight excluding hydrogens is 95.1 g/mol. The molecule has 0 aromatic carbocycles. The van der Waals surface area contributed by atoms with Crippen molar-refractivity contribution in [1.82, 2.24) is 0 Å². The molecule has 0 spiro atoms. The highest BCUT2D eigenvalue weighted by atomic mass is 19.3. The summed E-state index contributed by atoms with van der Waals surface area (Å²) in [5.74, 6) is 0. The third kappa shape index (κ3) is 3.73. The summed E-state index contributed by atoms with van der Waals surface area (Å²) in [6.45, 7) is 3.71. The van der Waals surface area contributed by atoms with Crippen molar-refractivity contribution in [3.05, 3.63) is 0 Å². The van der Waals surface area contributed by atoms with Gasteiger partial charge in [-0.1, -0.05) is 13.3 Å². The molecule has 1 nitrogen and oxygen atoms in total. The van der Waals surface area contributed by atoms with E-state index in [0.717, 1.165) is 12.8 Å². The average Bonchev–Trinajstić information content (AvgIpc) is 1.68. The molecule has 44 valence electrons. The van der Waals surface area contributed by atoms with E-state index < -0.39 is 0 Å². The smallest absolute Gasteiger partial charge is 0.0955 e. The molecule has 0 N–H and O–H groups in total. The van der Waals surface area contributed by atoms with Crippen molar-refractivity contribution in [2.24, 2.45) is 0 Å². The first-order valence-corrected chi connectivity index (χ1v) is 2.58. The summed E-state index contributed by atoms with van der Waals surface area (Å²) in [7, 11) is 0. The van der Waals surface area contributed by atoms with Gasteiger partial charge in [0.2, 0.25) is 0 Å². The van der Waals surface area contributed by atoms with Crippen molar-refractivity contribution in [3.8, 4) is 0 Å². The lowest BCUT2D eigenvalue weighted by Gasteiger charge is -1.99. The minimum absolute atomic E-state index is 0.218. The summed E-state index contributed by atoms with van der Waals surface area (Å²) < 4.78 is 11.1. The maximum Gasteiger partial charge on any atom is 0.0955 e. The Morgan fingerprint density at radius 3 is 2.43 bits per heavy atom. The predicted molar refractivity (Wildman–Crippen MR) is 26.6 cm³/mol. The van der Waals surface area contributed by atoms with E-state index in [-0.39, 0.29) is 6.10 Å².